The lowest BCUT2D eigenvalue weighted by Gasteiger charge is -2.33. The van der Waals surface area contributed by atoms with Crippen molar-refractivity contribution in [1.82, 2.24) is 10.2 Å². The number of rotatable bonds is 11. The number of nitrogens with one attached hydrogen (secondary N) is 1. The molecule has 4 rings (SSSR count). The number of sulfonamides is 1. The number of nitrogens with zero attached hydrogens (tertiary/aromatic N) is 2. The van der Waals surface area contributed by atoms with Crippen LogP contribution in [0.2, 0.25) is 10.0 Å². The number of anilines is 1. The van der Waals surface area contributed by atoms with E-state index in [-0.39, 0.29) is 39.5 Å². The summed E-state index contributed by atoms with van der Waals surface area (Å²) in [6.45, 7) is 1.41. The number of aryl methyl sites for hydroxylation is 1. The number of benzene rings is 4. The minimum absolute atomic E-state index is 0.0222. The molecule has 0 heterocycles. The normalized spacial score (nSPS) is 11.9. The van der Waals surface area contributed by atoms with Gasteiger partial charge in [0.1, 0.15) is 12.6 Å². The summed E-state index contributed by atoms with van der Waals surface area (Å²) in [6.07, 6.45) is 0.224. The van der Waals surface area contributed by atoms with Crippen molar-refractivity contribution in [1.29, 1.82) is 0 Å². The quantitative estimate of drug-likeness (QED) is 0.226. The van der Waals surface area contributed by atoms with Crippen molar-refractivity contribution in [3.63, 3.8) is 0 Å². The average molecular weight is 625 g/mol. The molecule has 0 bridgehead atoms. The van der Waals surface area contributed by atoms with Gasteiger partial charge in [0, 0.05) is 25.0 Å². The predicted molar refractivity (Wildman–Crippen MR) is 167 cm³/mol. The molecule has 0 aliphatic carbocycles. The van der Waals surface area contributed by atoms with Crippen LogP contribution in [0.15, 0.2) is 108 Å². The van der Waals surface area contributed by atoms with Gasteiger partial charge < -0.3 is 10.2 Å². The van der Waals surface area contributed by atoms with Crippen molar-refractivity contribution >= 4 is 50.7 Å². The lowest BCUT2D eigenvalue weighted by molar-refractivity contribution is -0.139. The molecule has 4 aromatic carbocycles. The first-order valence-corrected chi connectivity index (χ1v) is 15.4. The summed E-state index contributed by atoms with van der Waals surface area (Å²) >= 11 is 12.7. The number of hydrogen-bond acceptors (Lipinski definition) is 4. The fourth-order valence-electron chi connectivity index (χ4n) is 4.52. The van der Waals surface area contributed by atoms with E-state index in [0.717, 1.165) is 21.0 Å². The van der Waals surface area contributed by atoms with Crippen LogP contribution in [-0.4, -0.2) is 44.8 Å². The highest BCUT2D eigenvalue weighted by molar-refractivity contribution is 7.92. The van der Waals surface area contributed by atoms with E-state index >= 15 is 0 Å². The maximum atomic E-state index is 14.3. The topological polar surface area (TPSA) is 86.8 Å². The Labute approximate surface area is 256 Å². The number of carbonyl (C=O) groups is 2. The number of carbonyl (C=O) groups excluding carboxylic acids is 2. The Kier molecular flexibility index (Phi) is 10.3. The monoisotopic (exact) mass is 623 g/mol. The van der Waals surface area contributed by atoms with Crippen LogP contribution < -0.4 is 9.62 Å². The zero-order valence-electron chi connectivity index (χ0n) is 23.2. The van der Waals surface area contributed by atoms with Gasteiger partial charge in [0.25, 0.3) is 10.0 Å². The van der Waals surface area contributed by atoms with E-state index in [1.54, 1.807) is 18.2 Å². The highest BCUT2D eigenvalue weighted by Crippen LogP contribution is 2.33. The second-order valence-electron chi connectivity index (χ2n) is 9.75. The zero-order valence-corrected chi connectivity index (χ0v) is 25.5. The van der Waals surface area contributed by atoms with Crippen molar-refractivity contribution in [2.75, 3.05) is 17.9 Å². The third-order valence-electron chi connectivity index (χ3n) is 6.78. The van der Waals surface area contributed by atoms with Crippen molar-refractivity contribution < 1.29 is 18.0 Å². The maximum Gasteiger partial charge on any atom is 0.264 e. The number of hydrogen-bond donors (Lipinski definition) is 1. The van der Waals surface area contributed by atoms with Crippen LogP contribution in [0.4, 0.5) is 5.69 Å². The number of likely N-dealkylation sites (N-methyl/N-ethyl adjacent to an activating group) is 1. The van der Waals surface area contributed by atoms with Gasteiger partial charge in [0.2, 0.25) is 11.8 Å². The highest BCUT2D eigenvalue weighted by Gasteiger charge is 2.35. The molecule has 0 aromatic heterocycles. The molecule has 1 atom stereocenters. The molecule has 0 fully saturated rings. The molecule has 0 saturated carbocycles. The van der Waals surface area contributed by atoms with Crippen LogP contribution >= 0.6 is 23.2 Å². The highest BCUT2D eigenvalue weighted by atomic mass is 35.5. The van der Waals surface area contributed by atoms with Gasteiger partial charge in [-0.25, -0.2) is 8.42 Å². The zero-order chi connectivity index (χ0) is 30.3. The molecular weight excluding hydrogens is 593 g/mol. The van der Waals surface area contributed by atoms with E-state index in [1.165, 1.54) is 42.3 Å². The van der Waals surface area contributed by atoms with Crippen LogP contribution in [-0.2, 0) is 32.6 Å². The van der Waals surface area contributed by atoms with Crippen molar-refractivity contribution in [2.45, 2.75) is 30.8 Å². The van der Waals surface area contributed by atoms with Crippen molar-refractivity contribution in [3.05, 3.63) is 130 Å². The molecule has 0 radical (unpaired) electrons. The Morgan fingerprint density at radius 2 is 1.45 bits per heavy atom. The molecule has 0 spiro atoms. The molecule has 4 aromatic rings. The van der Waals surface area contributed by atoms with Crippen LogP contribution in [0.3, 0.4) is 0 Å². The summed E-state index contributed by atoms with van der Waals surface area (Å²) in [5.41, 5.74) is 2.73. The van der Waals surface area contributed by atoms with Gasteiger partial charge in [-0.2, -0.15) is 0 Å². The fraction of sp³-hybridized carbons (Fsp3) is 0.188. The van der Waals surface area contributed by atoms with E-state index in [2.05, 4.69) is 5.32 Å². The summed E-state index contributed by atoms with van der Waals surface area (Å²) < 4.78 is 28.9. The summed E-state index contributed by atoms with van der Waals surface area (Å²) in [6, 6.07) is 28.2. The average Bonchev–Trinajstić information content (AvgIpc) is 3.00. The van der Waals surface area contributed by atoms with Gasteiger partial charge >= 0.3 is 0 Å². The predicted octanol–water partition coefficient (Wildman–Crippen LogP) is 5.88. The Bertz CT molecular complexity index is 1630. The molecule has 218 valence electrons. The molecule has 10 heteroatoms. The summed E-state index contributed by atoms with van der Waals surface area (Å²) in [5, 5.41) is 3.02. The molecular formula is C32H31Cl2N3O4S. The molecule has 0 unspecified atom stereocenters. The first-order valence-electron chi connectivity index (χ1n) is 13.2. The van der Waals surface area contributed by atoms with Gasteiger partial charge in [-0.3, -0.25) is 13.9 Å². The standard InChI is InChI=1S/C32H31Cl2N3O4S/c1-23-13-15-25(16-14-23)21-36(30(32(39)35-2)19-24-9-5-3-6-10-24)31(38)22-37(29-20-26(33)17-18-28(29)34)42(40,41)27-11-7-4-8-12-27/h3-18,20,30H,19,21-22H2,1-2H3,(H,35,39)/t30-/m0/s1. The lowest BCUT2D eigenvalue weighted by atomic mass is 10.0. The molecule has 7 nitrogen and oxygen atoms in total. The summed E-state index contributed by atoms with van der Waals surface area (Å²) in [7, 11) is -2.76. The minimum atomic E-state index is -4.27. The van der Waals surface area contributed by atoms with Crippen LogP contribution in [0.25, 0.3) is 0 Å². The van der Waals surface area contributed by atoms with E-state index < -0.39 is 28.5 Å². The summed E-state index contributed by atoms with van der Waals surface area (Å²) in [4.78, 5) is 29.0. The van der Waals surface area contributed by atoms with Crippen molar-refractivity contribution in [3.8, 4) is 0 Å². The molecule has 0 aliphatic rings. The SMILES string of the molecule is CNC(=O)[C@H](Cc1ccccc1)N(Cc1ccc(C)cc1)C(=O)CN(c1cc(Cl)ccc1Cl)S(=O)(=O)c1ccccc1. The Hall–Kier alpha value is -3.85. The van der Waals surface area contributed by atoms with Gasteiger partial charge in [0.15, 0.2) is 0 Å². The molecule has 0 aliphatic heterocycles. The maximum absolute atomic E-state index is 14.3. The Morgan fingerprint density at radius 3 is 2.07 bits per heavy atom. The van der Waals surface area contributed by atoms with E-state index in [0.29, 0.717) is 0 Å². The fourth-order valence-corrected chi connectivity index (χ4v) is 6.40. The van der Waals surface area contributed by atoms with Crippen molar-refractivity contribution in [2.24, 2.45) is 0 Å². The third kappa shape index (κ3) is 7.50. The molecule has 0 saturated heterocycles. The van der Waals surface area contributed by atoms with Gasteiger partial charge in [-0.05, 0) is 48.4 Å². The molecule has 2 amide bonds. The van der Waals surface area contributed by atoms with Crippen LogP contribution in [0.5, 0.6) is 0 Å². The number of amides is 2. The Morgan fingerprint density at radius 1 is 0.833 bits per heavy atom. The van der Waals surface area contributed by atoms with Crippen LogP contribution in [0.1, 0.15) is 16.7 Å². The lowest BCUT2D eigenvalue weighted by Crippen LogP contribution is -2.53. The first-order chi connectivity index (χ1) is 20.1. The molecule has 1 N–H and O–H groups in total. The summed E-state index contributed by atoms with van der Waals surface area (Å²) in [5.74, 6) is -0.965. The molecule has 42 heavy (non-hydrogen) atoms. The second kappa shape index (κ2) is 13.9. The smallest absolute Gasteiger partial charge is 0.264 e. The van der Waals surface area contributed by atoms with E-state index in [1.807, 2.05) is 61.5 Å². The minimum Gasteiger partial charge on any atom is -0.357 e. The van der Waals surface area contributed by atoms with Gasteiger partial charge in [-0.15, -0.1) is 0 Å². The third-order valence-corrected chi connectivity index (χ3v) is 9.11. The second-order valence-corrected chi connectivity index (χ2v) is 12.5. The van der Waals surface area contributed by atoms with Crippen LogP contribution in [0, 0.1) is 6.92 Å². The first kappa shape index (κ1) is 31.1. The van der Waals surface area contributed by atoms with E-state index in [4.69, 9.17) is 23.2 Å². The van der Waals surface area contributed by atoms with Gasteiger partial charge in [-0.1, -0.05) is 102 Å². The largest absolute Gasteiger partial charge is 0.357 e. The Balaban J connectivity index is 1.81. The van der Waals surface area contributed by atoms with E-state index in [9.17, 15) is 18.0 Å². The number of halogens is 2. The van der Waals surface area contributed by atoms with Gasteiger partial charge in [0.05, 0.1) is 15.6 Å².